The van der Waals surface area contributed by atoms with E-state index in [1.807, 2.05) is 0 Å². The molecular formula is C48H32N2. The maximum absolute atomic E-state index is 2.48. The van der Waals surface area contributed by atoms with E-state index < -0.39 is 0 Å². The molecule has 0 N–H and O–H groups in total. The minimum Gasteiger partial charge on any atom is -0.309 e. The number of benzene rings is 9. The lowest BCUT2D eigenvalue weighted by Gasteiger charge is -2.30. The Hall–Kier alpha value is -6.64. The molecule has 0 fully saturated rings. The molecule has 50 heavy (non-hydrogen) atoms. The van der Waals surface area contributed by atoms with Gasteiger partial charge in [0.2, 0.25) is 0 Å². The predicted octanol–water partition coefficient (Wildman–Crippen LogP) is 13.4. The van der Waals surface area contributed by atoms with Gasteiger partial charge in [0.25, 0.3) is 0 Å². The highest BCUT2D eigenvalue weighted by Crippen LogP contribution is 2.48. The molecule has 1 heterocycles. The smallest absolute Gasteiger partial charge is 0.0561 e. The summed E-state index contributed by atoms with van der Waals surface area (Å²) in [5, 5.41) is 10.0. The van der Waals surface area contributed by atoms with Gasteiger partial charge in [-0.3, -0.25) is 0 Å². The van der Waals surface area contributed by atoms with Gasteiger partial charge in [0.1, 0.15) is 0 Å². The summed E-state index contributed by atoms with van der Waals surface area (Å²) in [7, 11) is 0. The molecule has 0 spiro atoms. The largest absolute Gasteiger partial charge is 0.309 e. The molecule has 0 aliphatic carbocycles. The van der Waals surface area contributed by atoms with Crippen LogP contribution in [0.5, 0.6) is 0 Å². The summed E-state index contributed by atoms with van der Waals surface area (Å²) in [6.07, 6.45) is 0. The van der Waals surface area contributed by atoms with Crippen molar-refractivity contribution in [1.29, 1.82) is 0 Å². The zero-order chi connectivity index (χ0) is 33.0. The molecule has 234 valence electrons. The Morgan fingerprint density at radius 3 is 1.60 bits per heavy atom. The van der Waals surface area contributed by atoms with E-state index >= 15 is 0 Å². The first kappa shape index (κ1) is 28.4. The number of nitrogens with zero attached hydrogens (tertiary/aromatic N) is 2. The number of rotatable bonds is 5. The summed E-state index contributed by atoms with van der Waals surface area (Å²) in [4.78, 5) is 2.48. The Morgan fingerprint density at radius 2 is 0.860 bits per heavy atom. The molecule has 0 saturated heterocycles. The van der Waals surface area contributed by atoms with E-state index in [4.69, 9.17) is 0 Å². The minimum atomic E-state index is 1.10. The fraction of sp³-hybridized carbons (Fsp3) is 0. The second-order valence-corrected chi connectivity index (χ2v) is 12.9. The van der Waals surface area contributed by atoms with E-state index in [9.17, 15) is 0 Å². The molecule has 0 radical (unpaired) electrons. The third-order valence-corrected chi connectivity index (χ3v) is 10.1. The van der Waals surface area contributed by atoms with Crippen LogP contribution in [0.15, 0.2) is 194 Å². The lowest BCUT2D eigenvalue weighted by Crippen LogP contribution is -2.12. The van der Waals surface area contributed by atoms with Crippen molar-refractivity contribution in [3.05, 3.63) is 194 Å². The van der Waals surface area contributed by atoms with Gasteiger partial charge < -0.3 is 9.47 Å². The highest BCUT2D eigenvalue weighted by atomic mass is 15.1. The van der Waals surface area contributed by atoms with Gasteiger partial charge in [0.05, 0.1) is 22.4 Å². The zero-order valence-electron chi connectivity index (χ0n) is 27.4. The standard InChI is InChI=1S/C48H32N2/c1-3-16-33(17-4-1)36-20-11-13-27-44(36)50(46-29-15-26-43-39-22-8-7-21-37(39)38-23-9-10-25-42(38)48(43)46)35-30-31-41-40-24-12-14-28-45(40)49(47(41)32-35)34-18-5-2-6-19-34/h1-32H. The first-order valence-corrected chi connectivity index (χ1v) is 17.2. The van der Waals surface area contributed by atoms with Crippen LogP contribution in [0.1, 0.15) is 0 Å². The third-order valence-electron chi connectivity index (χ3n) is 10.1. The van der Waals surface area contributed by atoms with E-state index in [0.717, 1.165) is 22.7 Å². The zero-order valence-corrected chi connectivity index (χ0v) is 27.4. The van der Waals surface area contributed by atoms with Crippen molar-refractivity contribution < 1.29 is 0 Å². The van der Waals surface area contributed by atoms with Gasteiger partial charge in [-0.2, -0.15) is 0 Å². The maximum Gasteiger partial charge on any atom is 0.0561 e. The second-order valence-electron chi connectivity index (χ2n) is 12.9. The van der Waals surface area contributed by atoms with Gasteiger partial charge >= 0.3 is 0 Å². The molecule has 0 unspecified atom stereocenters. The van der Waals surface area contributed by atoms with Crippen LogP contribution in [-0.2, 0) is 0 Å². The highest BCUT2D eigenvalue weighted by Gasteiger charge is 2.23. The molecule has 10 aromatic rings. The van der Waals surface area contributed by atoms with Crippen molar-refractivity contribution in [1.82, 2.24) is 4.57 Å². The fourth-order valence-electron chi connectivity index (χ4n) is 8.01. The summed E-state index contributed by atoms with van der Waals surface area (Å²) in [6, 6.07) is 70.5. The van der Waals surface area contributed by atoms with Crippen molar-refractivity contribution in [2.24, 2.45) is 0 Å². The average molecular weight is 637 g/mol. The van der Waals surface area contributed by atoms with Gasteiger partial charge in [-0.25, -0.2) is 0 Å². The van der Waals surface area contributed by atoms with Crippen molar-refractivity contribution >= 4 is 71.2 Å². The molecule has 0 aliphatic heterocycles. The number of anilines is 3. The Balaban J connectivity index is 1.34. The number of aromatic nitrogens is 1. The van der Waals surface area contributed by atoms with Crippen LogP contribution >= 0.6 is 0 Å². The molecule has 2 nitrogen and oxygen atoms in total. The predicted molar refractivity (Wildman–Crippen MR) is 213 cm³/mol. The summed E-state index contributed by atoms with van der Waals surface area (Å²) >= 11 is 0. The van der Waals surface area contributed by atoms with Gasteiger partial charge in [-0.15, -0.1) is 0 Å². The van der Waals surface area contributed by atoms with E-state index in [2.05, 4.69) is 204 Å². The Labute approximate surface area is 290 Å². The summed E-state index contributed by atoms with van der Waals surface area (Å²) in [6.45, 7) is 0. The molecular weight excluding hydrogens is 605 g/mol. The molecule has 2 heteroatoms. The van der Waals surface area contributed by atoms with Crippen LogP contribution in [0.3, 0.4) is 0 Å². The molecule has 1 aromatic heterocycles. The number of para-hydroxylation sites is 3. The molecule has 0 amide bonds. The Bertz CT molecular complexity index is 2820. The monoisotopic (exact) mass is 636 g/mol. The van der Waals surface area contributed by atoms with E-state index in [0.29, 0.717) is 0 Å². The van der Waals surface area contributed by atoms with E-state index in [-0.39, 0.29) is 0 Å². The summed E-state index contributed by atoms with van der Waals surface area (Å²) in [5.41, 5.74) is 9.26. The first-order chi connectivity index (χ1) is 24.8. The third kappa shape index (κ3) is 4.36. The van der Waals surface area contributed by atoms with Crippen molar-refractivity contribution in [3.63, 3.8) is 0 Å². The number of hydrogen-bond acceptors (Lipinski definition) is 1. The van der Waals surface area contributed by atoms with Crippen LogP contribution < -0.4 is 4.90 Å². The lowest BCUT2D eigenvalue weighted by molar-refractivity contribution is 1.18. The van der Waals surface area contributed by atoms with E-state index in [1.165, 1.54) is 65.3 Å². The molecule has 9 aromatic carbocycles. The van der Waals surface area contributed by atoms with Crippen molar-refractivity contribution in [2.75, 3.05) is 4.90 Å². The molecule has 0 bridgehead atoms. The van der Waals surface area contributed by atoms with Gasteiger partial charge in [0, 0.05) is 33.1 Å². The van der Waals surface area contributed by atoms with Crippen LogP contribution in [0.4, 0.5) is 17.1 Å². The second kappa shape index (κ2) is 11.5. The van der Waals surface area contributed by atoms with Crippen LogP contribution in [0.2, 0.25) is 0 Å². The fourth-order valence-corrected chi connectivity index (χ4v) is 8.01. The van der Waals surface area contributed by atoms with Crippen molar-refractivity contribution in [2.45, 2.75) is 0 Å². The van der Waals surface area contributed by atoms with Gasteiger partial charge in [-0.1, -0.05) is 152 Å². The normalized spacial score (nSPS) is 11.6. The van der Waals surface area contributed by atoms with Gasteiger partial charge in [-0.05, 0) is 75.0 Å². The molecule has 0 aliphatic rings. The van der Waals surface area contributed by atoms with Crippen LogP contribution in [-0.4, -0.2) is 4.57 Å². The lowest BCUT2D eigenvalue weighted by atomic mass is 9.92. The maximum atomic E-state index is 2.48. The molecule has 0 atom stereocenters. The highest BCUT2D eigenvalue weighted by molar-refractivity contribution is 6.29. The Morgan fingerprint density at radius 1 is 0.340 bits per heavy atom. The van der Waals surface area contributed by atoms with Crippen LogP contribution in [0, 0.1) is 0 Å². The van der Waals surface area contributed by atoms with Gasteiger partial charge in [0.15, 0.2) is 0 Å². The topological polar surface area (TPSA) is 8.17 Å². The van der Waals surface area contributed by atoms with E-state index in [1.54, 1.807) is 0 Å². The minimum absolute atomic E-state index is 1.10. The summed E-state index contributed by atoms with van der Waals surface area (Å²) < 4.78 is 2.40. The number of hydrogen-bond donors (Lipinski definition) is 0. The molecule has 0 saturated carbocycles. The van der Waals surface area contributed by atoms with Crippen LogP contribution in [0.25, 0.3) is 70.9 Å². The van der Waals surface area contributed by atoms with Crippen molar-refractivity contribution in [3.8, 4) is 16.8 Å². The SMILES string of the molecule is c1ccc(-c2ccccc2N(c2ccc3c4ccccc4n(-c4ccccc4)c3c2)c2cccc3c4ccccc4c4ccccc4c23)cc1. The quantitative estimate of drug-likeness (QED) is 0.171. The summed E-state index contributed by atoms with van der Waals surface area (Å²) in [5.74, 6) is 0. The average Bonchev–Trinajstić information content (AvgIpc) is 3.53. The number of fused-ring (bicyclic) bond motifs is 9. The first-order valence-electron chi connectivity index (χ1n) is 17.2. The Kier molecular flexibility index (Phi) is 6.53. The molecule has 10 rings (SSSR count).